The number of nitrogens with one attached hydrogen (secondary N) is 4. The Bertz CT molecular complexity index is 1300. The molecule has 17 heteroatoms. The number of carboxylic acid groups (broad SMARTS) is 1. The normalized spacial score (nSPS) is 14.5. The molecule has 0 aliphatic carbocycles. The van der Waals surface area contributed by atoms with Crippen LogP contribution in [0.2, 0.25) is 0 Å². The molecule has 0 unspecified atom stereocenters. The highest BCUT2D eigenvalue weighted by Gasteiger charge is 2.33. The first-order valence-electron chi connectivity index (χ1n) is 16.9. The van der Waals surface area contributed by atoms with E-state index in [2.05, 4.69) is 31.3 Å². The summed E-state index contributed by atoms with van der Waals surface area (Å²) in [6, 6.07) is 3.74. The van der Waals surface area contributed by atoms with E-state index in [9.17, 15) is 29.1 Å². The number of amides is 4. The molecule has 0 spiro atoms. The molecule has 6 atom stereocenters. The smallest absolute Gasteiger partial charge is 0.326 e. The third kappa shape index (κ3) is 16.9. The molecule has 0 bridgehead atoms. The molecule has 17 nitrogen and oxygen atoms in total. The zero-order valence-electron chi connectivity index (χ0n) is 29.6. The molecule has 0 aliphatic rings. The van der Waals surface area contributed by atoms with Crippen LogP contribution in [0.3, 0.4) is 0 Å². The lowest BCUT2D eigenvalue weighted by Gasteiger charge is -2.29. The van der Waals surface area contributed by atoms with E-state index in [1.54, 1.807) is 6.92 Å². The maximum atomic E-state index is 13.8. The van der Waals surface area contributed by atoms with E-state index in [1.807, 2.05) is 51.1 Å². The topological polar surface area (TPSA) is 309 Å². The number of hydrogen-bond donors (Lipinski definition) is 10. The van der Waals surface area contributed by atoms with Crippen molar-refractivity contribution in [3.63, 3.8) is 0 Å². The first-order chi connectivity index (χ1) is 23.5. The van der Waals surface area contributed by atoms with Crippen molar-refractivity contribution < 1.29 is 29.1 Å². The monoisotopic (exact) mass is 703 g/mol. The van der Waals surface area contributed by atoms with Crippen LogP contribution in [0.15, 0.2) is 40.3 Å². The first kappa shape index (κ1) is 43.1. The number of guanidine groups is 2. The van der Waals surface area contributed by atoms with Gasteiger partial charge in [0.15, 0.2) is 11.9 Å². The minimum Gasteiger partial charge on any atom is -0.480 e. The van der Waals surface area contributed by atoms with Gasteiger partial charge in [-0.1, -0.05) is 64.4 Å². The zero-order valence-corrected chi connectivity index (χ0v) is 29.6. The van der Waals surface area contributed by atoms with Crippen LogP contribution >= 0.6 is 0 Å². The Morgan fingerprint density at radius 2 is 1.22 bits per heavy atom. The maximum Gasteiger partial charge on any atom is 0.326 e. The average Bonchev–Trinajstić information content (AvgIpc) is 3.05. The number of aliphatic imine (C=N–C) groups is 2. The Balaban J connectivity index is 3.19. The zero-order chi connectivity index (χ0) is 37.8. The van der Waals surface area contributed by atoms with Gasteiger partial charge in [0.25, 0.3) is 0 Å². The Morgan fingerprint density at radius 3 is 1.72 bits per heavy atom. The second kappa shape index (κ2) is 22.7. The van der Waals surface area contributed by atoms with Gasteiger partial charge >= 0.3 is 5.97 Å². The largest absolute Gasteiger partial charge is 0.480 e. The van der Waals surface area contributed by atoms with Gasteiger partial charge in [0.1, 0.15) is 24.2 Å². The van der Waals surface area contributed by atoms with E-state index in [4.69, 9.17) is 28.7 Å². The SMILES string of the molecule is CC[C@H](C)[C@H](NC(=O)[C@H](CCCN=C(N)N)NC(=O)[C@H](CC(C)C)NC(=O)[C@@H](N)Cc1ccccc1)C(=O)N[C@@H](CCCN=C(N)N)C(=O)O. The van der Waals surface area contributed by atoms with E-state index < -0.39 is 65.7 Å². The van der Waals surface area contributed by atoms with E-state index in [0.29, 0.717) is 6.42 Å². The summed E-state index contributed by atoms with van der Waals surface area (Å²) in [4.78, 5) is 73.6. The summed E-state index contributed by atoms with van der Waals surface area (Å²) >= 11 is 0. The molecule has 15 N–H and O–H groups in total. The lowest BCUT2D eigenvalue weighted by molar-refractivity contribution is -0.143. The van der Waals surface area contributed by atoms with Crippen molar-refractivity contribution in [2.45, 2.75) is 103 Å². The summed E-state index contributed by atoms with van der Waals surface area (Å²) in [6.45, 7) is 7.66. The third-order valence-corrected chi connectivity index (χ3v) is 7.91. The number of carbonyl (C=O) groups excluding carboxylic acids is 4. The third-order valence-electron chi connectivity index (χ3n) is 7.91. The van der Waals surface area contributed by atoms with Gasteiger partial charge in [0.2, 0.25) is 23.6 Å². The fraction of sp³-hybridized carbons (Fsp3) is 0.606. The number of nitrogens with two attached hydrogens (primary N) is 5. The molecule has 0 fully saturated rings. The predicted octanol–water partition coefficient (Wildman–Crippen LogP) is -1.22. The Morgan fingerprint density at radius 1 is 0.720 bits per heavy atom. The molecular weight excluding hydrogens is 646 g/mol. The highest BCUT2D eigenvalue weighted by Crippen LogP contribution is 2.12. The number of aliphatic carboxylic acids is 1. The Kier molecular flexibility index (Phi) is 19.5. The van der Waals surface area contributed by atoms with E-state index >= 15 is 0 Å². The molecule has 0 saturated carbocycles. The quantitative estimate of drug-likeness (QED) is 0.0366. The van der Waals surface area contributed by atoms with Crippen molar-refractivity contribution >= 4 is 41.5 Å². The summed E-state index contributed by atoms with van der Waals surface area (Å²) in [5.74, 6) is -4.48. The summed E-state index contributed by atoms with van der Waals surface area (Å²) in [6.07, 6.45) is 1.68. The van der Waals surface area contributed by atoms with Crippen LogP contribution < -0.4 is 49.9 Å². The molecular formula is C33H57N11O6. The van der Waals surface area contributed by atoms with Gasteiger partial charge in [0, 0.05) is 13.1 Å². The fourth-order valence-electron chi connectivity index (χ4n) is 4.97. The molecule has 0 heterocycles. The fourth-order valence-corrected chi connectivity index (χ4v) is 4.97. The summed E-state index contributed by atoms with van der Waals surface area (Å²) in [7, 11) is 0. The van der Waals surface area contributed by atoms with Crippen LogP contribution in [-0.2, 0) is 30.4 Å². The Labute approximate surface area is 294 Å². The van der Waals surface area contributed by atoms with Crippen LogP contribution in [0.1, 0.15) is 71.8 Å². The first-order valence-corrected chi connectivity index (χ1v) is 16.9. The summed E-state index contributed by atoms with van der Waals surface area (Å²) < 4.78 is 0. The molecule has 0 saturated heterocycles. The van der Waals surface area contributed by atoms with Gasteiger partial charge in [-0.2, -0.15) is 0 Å². The lowest BCUT2D eigenvalue weighted by Crippen LogP contribution is -2.59. The number of rotatable bonds is 23. The van der Waals surface area contributed by atoms with Crippen LogP contribution in [0, 0.1) is 11.8 Å². The summed E-state index contributed by atoms with van der Waals surface area (Å²) in [5, 5.41) is 20.4. The molecule has 1 aromatic carbocycles. The van der Waals surface area contributed by atoms with Gasteiger partial charge in [-0.15, -0.1) is 0 Å². The number of carbonyl (C=O) groups is 5. The minimum atomic E-state index is -1.26. The van der Waals surface area contributed by atoms with Crippen LogP contribution in [0.5, 0.6) is 0 Å². The van der Waals surface area contributed by atoms with Crippen molar-refractivity contribution in [1.29, 1.82) is 0 Å². The van der Waals surface area contributed by atoms with E-state index in [0.717, 1.165) is 5.56 Å². The van der Waals surface area contributed by atoms with Gasteiger partial charge < -0.3 is 55.0 Å². The van der Waals surface area contributed by atoms with Crippen molar-refractivity contribution in [1.82, 2.24) is 21.3 Å². The summed E-state index contributed by atoms with van der Waals surface area (Å²) in [5.41, 5.74) is 28.6. The highest BCUT2D eigenvalue weighted by atomic mass is 16.4. The van der Waals surface area contributed by atoms with Gasteiger partial charge in [-0.25, -0.2) is 4.79 Å². The molecule has 0 radical (unpaired) electrons. The Hall–Kier alpha value is -4.93. The second-order valence-electron chi connectivity index (χ2n) is 12.7. The second-order valence-corrected chi connectivity index (χ2v) is 12.7. The van der Waals surface area contributed by atoms with E-state index in [-0.39, 0.29) is 69.5 Å². The van der Waals surface area contributed by atoms with Crippen LogP contribution in [0.25, 0.3) is 0 Å². The molecule has 1 aromatic rings. The molecule has 280 valence electrons. The van der Waals surface area contributed by atoms with Crippen molar-refractivity contribution in [3.8, 4) is 0 Å². The standard InChI is InChI=1S/C33H57N11O6/c1-5-20(4)26(30(48)42-24(31(49)50)14-10-16-40-33(37)38)44-28(46)23(13-9-15-39-32(35)36)41-29(47)25(17-19(2)3)43-27(45)22(34)18-21-11-7-6-8-12-21/h6-8,11-12,19-20,22-26H,5,9-10,13-18,34H2,1-4H3,(H,41,47)(H,42,48)(H,43,45)(H,44,46)(H,49,50)(H4,35,36,39)(H4,37,38,40)/t20-,22-,23-,24-,25-,26-/m0/s1. The van der Waals surface area contributed by atoms with Crippen molar-refractivity contribution in [3.05, 3.63) is 35.9 Å². The maximum absolute atomic E-state index is 13.8. The number of benzene rings is 1. The van der Waals surface area contributed by atoms with Gasteiger partial charge in [-0.05, 0) is 55.9 Å². The van der Waals surface area contributed by atoms with E-state index in [1.165, 1.54) is 0 Å². The molecule has 0 aromatic heterocycles. The number of carboxylic acids is 1. The van der Waals surface area contributed by atoms with Crippen molar-refractivity contribution in [2.24, 2.45) is 50.5 Å². The van der Waals surface area contributed by atoms with Crippen LogP contribution in [-0.4, -0.2) is 89.9 Å². The molecule has 4 amide bonds. The molecule has 1 rings (SSSR count). The molecule has 0 aliphatic heterocycles. The number of hydrogen-bond acceptors (Lipinski definition) is 8. The van der Waals surface area contributed by atoms with Gasteiger partial charge in [-0.3, -0.25) is 29.2 Å². The van der Waals surface area contributed by atoms with Gasteiger partial charge in [0.05, 0.1) is 6.04 Å². The van der Waals surface area contributed by atoms with Crippen LogP contribution in [0.4, 0.5) is 0 Å². The molecule has 50 heavy (non-hydrogen) atoms. The predicted molar refractivity (Wildman–Crippen MR) is 192 cm³/mol. The lowest BCUT2D eigenvalue weighted by atomic mass is 9.96. The number of nitrogens with zero attached hydrogens (tertiary/aromatic N) is 2. The average molecular weight is 704 g/mol. The van der Waals surface area contributed by atoms with Crippen molar-refractivity contribution in [2.75, 3.05) is 13.1 Å². The highest BCUT2D eigenvalue weighted by molar-refractivity contribution is 5.95. The minimum absolute atomic E-state index is 0.00864.